The van der Waals surface area contributed by atoms with Gasteiger partial charge in [0, 0.05) is 22.3 Å². The minimum atomic E-state index is -0.582. The summed E-state index contributed by atoms with van der Waals surface area (Å²) in [6, 6.07) is 17.1. The molecule has 1 aromatic heterocycles. The second-order valence-corrected chi connectivity index (χ2v) is 5.18. The van der Waals surface area contributed by atoms with Crippen LogP contribution < -0.4 is 5.48 Å². The number of aromatic nitrogens is 1. The molecule has 1 heterocycles. The number of H-pyrrole nitrogens is 1. The lowest BCUT2D eigenvalue weighted by atomic mass is 9.96. The third-order valence-electron chi connectivity index (χ3n) is 3.43. The van der Waals surface area contributed by atoms with Crippen LogP contribution in [0.15, 0.2) is 60.8 Å². The van der Waals surface area contributed by atoms with Gasteiger partial charge in [0.25, 0.3) is 5.91 Å². The molecule has 4 nitrogen and oxygen atoms in total. The van der Waals surface area contributed by atoms with Gasteiger partial charge in [-0.25, -0.2) is 5.48 Å². The molecule has 0 spiro atoms. The summed E-state index contributed by atoms with van der Waals surface area (Å²) in [7, 11) is 0. The second-order valence-electron chi connectivity index (χ2n) is 4.77. The van der Waals surface area contributed by atoms with Crippen LogP contribution in [-0.2, 0) is 0 Å². The highest BCUT2D eigenvalue weighted by atomic mass is 35.5. The van der Waals surface area contributed by atoms with Gasteiger partial charge in [-0.1, -0.05) is 54.1 Å². The number of carbonyl (C=O) groups is 1. The Bertz CT molecular complexity index is 827. The molecule has 22 heavy (non-hydrogen) atoms. The Balaban J connectivity index is 2.11. The molecule has 5 heteroatoms. The SMILES string of the molecule is O=C(NO)c1cc(-c2ccccc2-c2ccccc2Cl)c[nH]1. The first kappa shape index (κ1) is 14.4. The molecular weight excluding hydrogens is 300 g/mol. The van der Waals surface area contributed by atoms with E-state index in [1.165, 1.54) is 0 Å². The molecule has 0 aliphatic heterocycles. The van der Waals surface area contributed by atoms with Crippen molar-refractivity contribution in [3.63, 3.8) is 0 Å². The second kappa shape index (κ2) is 6.05. The Hall–Kier alpha value is -2.56. The fourth-order valence-electron chi connectivity index (χ4n) is 2.39. The molecule has 110 valence electrons. The summed E-state index contributed by atoms with van der Waals surface area (Å²) in [6.07, 6.45) is 1.72. The normalized spacial score (nSPS) is 10.5. The molecule has 0 saturated carbocycles. The van der Waals surface area contributed by atoms with Crippen molar-refractivity contribution >= 4 is 17.5 Å². The third kappa shape index (κ3) is 2.62. The molecule has 3 rings (SSSR count). The first-order chi connectivity index (χ1) is 10.7. The summed E-state index contributed by atoms with van der Waals surface area (Å²) in [5.41, 5.74) is 5.58. The van der Waals surface area contributed by atoms with Crippen LogP contribution in [0.2, 0.25) is 5.02 Å². The van der Waals surface area contributed by atoms with Crippen molar-refractivity contribution in [2.45, 2.75) is 0 Å². The first-order valence-corrected chi connectivity index (χ1v) is 7.05. The minimum Gasteiger partial charge on any atom is -0.357 e. The summed E-state index contributed by atoms with van der Waals surface area (Å²) >= 11 is 6.29. The van der Waals surface area contributed by atoms with Gasteiger partial charge < -0.3 is 4.98 Å². The average Bonchev–Trinajstić information content (AvgIpc) is 3.04. The number of benzene rings is 2. The number of carbonyl (C=O) groups excluding carboxylic acids is 1. The lowest BCUT2D eigenvalue weighted by Gasteiger charge is -2.10. The van der Waals surface area contributed by atoms with Crippen molar-refractivity contribution in [2.24, 2.45) is 0 Å². The predicted octanol–water partition coefficient (Wildman–Crippen LogP) is 4.12. The monoisotopic (exact) mass is 312 g/mol. The van der Waals surface area contributed by atoms with Crippen LogP contribution in [0.4, 0.5) is 0 Å². The molecule has 0 aliphatic rings. The van der Waals surface area contributed by atoms with Gasteiger partial charge in [-0.2, -0.15) is 0 Å². The first-order valence-electron chi connectivity index (χ1n) is 6.68. The Labute approximate surface area is 132 Å². The molecular formula is C17H13ClN2O2. The molecule has 3 N–H and O–H groups in total. The van der Waals surface area contributed by atoms with Crippen molar-refractivity contribution in [1.82, 2.24) is 10.5 Å². The van der Waals surface area contributed by atoms with Crippen molar-refractivity contribution < 1.29 is 10.0 Å². The van der Waals surface area contributed by atoms with Gasteiger partial charge in [-0.3, -0.25) is 10.0 Å². The van der Waals surface area contributed by atoms with Gasteiger partial charge in [-0.15, -0.1) is 0 Å². The van der Waals surface area contributed by atoms with Crippen LogP contribution in [0.3, 0.4) is 0 Å². The van der Waals surface area contributed by atoms with E-state index in [0.29, 0.717) is 5.02 Å². The maximum absolute atomic E-state index is 11.5. The summed E-state index contributed by atoms with van der Waals surface area (Å²) in [5, 5.41) is 9.37. The van der Waals surface area contributed by atoms with Crippen LogP contribution in [0, 0.1) is 0 Å². The van der Waals surface area contributed by atoms with Crippen LogP contribution in [0.5, 0.6) is 0 Å². The number of halogens is 1. The highest BCUT2D eigenvalue weighted by Gasteiger charge is 2.13. The zero-order chi connectivity index (χ0) is 15.5. The van der Waals surface area contributed by atoms with Crippen LogP contribution >= 0.6 is 11.6 Å². The largest absolute Gasteiger partial charge is 0.357 e. The van der Waals surface area contributed by atoms with Crippen LogP contribution in [0.25, 0.3) is 22.3 Å². The van der Waals surface area contributed by atoms with E-state index in [4.69, 9.17) is 16.8 Å². The molecule has 0 aliphatic carbocycles. The number of nitrogens with one attached hydrogen (secondary N) is 2. The number of amides is 1. The van der Waals surface area contributed by atoms with Gasteiger partial charge in [0.1, 0.15) is 5.69 Å². The maximum Gasteiger partial charge on any atom is 0.291 e. The van der Waals surface area contributed by atoms with Crippen molar-refractivity contribution in [3.05, 3.63) is 71.5 Å². The fourth-order valence-corrected chi connectivity index (χ4v) is 2.63. The maximum atomic E-state index is 11.5. The Morgan fingerprint density at radius 2 is 1.64 bits per heavy atom. The Morgan fingerprint density at radius 3 is 2.32 bits per heavy atom. The molecule has 0 fully saturated rings. The number of hydroxylamine groups is 1. The van der Waals surface area contributed by atoms with E-state index >= 15 is 0 Å². The molecule has 1 amide bonds. The standard InChI is InChI=1S/C17H13ClN2O2/c18-15-8-4-3-7-14(15)13-6-2-1-5-12(13)11-9-16(19-10-11)17(21)20-22/h1-10,19,22H,(H,20,21). The van der Waals surface area contributed by atoms with Gasteiger partial charge in [-0.05, 0) is 23.3 Å². The topological polar surface area (TPSA) is 65.1 Å². The summed E-state index contributed by atoms with van der Waals surface area (Å²) in [6.45, 7) is 0. The van der Waals surface area contributed by atoms with Gasteiger partial charge >= 0.3 is 0 Å². The average molecular weight is 313 g/mol. The Kier molecular flexibility index (Phi) is 3.96. The molecule has 3 aromatic rings. The molecule has 0 radical (unpaired) electrons. The van der Waals surface area contributed by atoms with E-state index in [-0.39, 0.29) is 5.69 Å². The van der Waals surface area contributed by atoms with E-state index in [1.807, 2.05) is 48.5 Å². The number of aromatic amines is 1. The highest BCUT2D eigenvalue weighted by molar-refractivity contribution is 6.33. The summed E-state index contributed by atoms with van der Waals surface area (Å²) < 4.78 is 0. The number of rotatable bonds is 3. The van der Waals surface area contributed by atoms with E-state index in [0.717, 1.165) is 22.3 Å². The fraction of sp³-hybridized carbons (Fsp3) is 0. The molecule has 0 bridgehead atoms. The molecule has 0 atom stereocenters. The number of hydrogen-bond acceptors (Lipinski definition) is 2. The van der Waals surface area contributed by atoms with Crippen LogP contribution in [-0.4, -0.2) is 16.1 Å². The van der Waals surface area contributed by atoms with Crippen molar-refractivity contribution in [3.8, 4) is 22.3 Å². The zero-order valence-corrected chi connectivity index (χ0v) is 12.3. The number of hydrogen-bond donors (Lipinski definition) is 3. The van der Waals surface area contributed by atoms with Crippen molar-refractivity contribution in [1.29, 1.82) is 0 Å². The van der Waals surface area contributed by atoms with Gasteiger partial charge in [0.2, 0.25) is 0 Å². The lowest BCUT2D eigenvalue weighted by Crippen LogP contribution is -2.18. The van der Waals surface area contributed by atoms with E-state index in [2.05, 4.69) is 4.98 Å². The van der Waals surface area contributed by atoms with E-state index in [1.54, 1.807) is 17.7 Å². The molecule has 2 aromatic carbocycles. The van der Waals surface area contributed by atoms with Crippen LogP contribution in [0.1, 0.15) is 10.5 Å². The predicted molar refractivity (Wildman–Crippen MR) is 85.9 cm³/mol. The quantitative estimate of drug-likeness (QED) is 0.503. The van der Waals surface area contributed by atoms with E-state index < -0.39 is 5.91 Å². The smallest absolute Gasteiger partial charge is 0.291 e. The Morgan fingerprint density at radius 1 is 1.00 bits per heavy atom. The molecule has 0 unspecified atom stereocenters. The highest BCUT2D eigenvalue weighted by Crippen LogP contribution is 2.35. The zero-order valence-electron chi connectivity index (χ0n) is 11.5. The van der Waals surface area contributed by atoms with Gasteiger partial charge in [0.15, 0.2) is 0 Å². The van der Waals surface area contributed by atoms with Crippen molar-refractivity contribution in [2.75, 3.05) is 0 Å². The van der Waals surface area contributed by atoms with E-state index in [9.17, 15) is 4.79 Å². The minimum absolute atomic E-state index is 0.284. The summed E-state index contributed by atoms with van der Waals surface area (Å²) in [5.74, 6) is -0.582. The lowest BCUT2D eigenvalue weighted by molar-refractivity contribution is 0.0701. The summed E-state index contributed by atoms with van der Waals surface area (Å²) in [4.78, 5) is 14.3. The molecule has 0 saturated heterocycles. The van der Waals surface area contributed by atoms with Gasteiger partial charge in [0.05, 0.1) is 0 Å². The third-order valence-corrected chi connectivity index (χ3v) is 3.76.